The van der Waals surface area contributed by atoms with Crippen molar-refractivity contribution in [3.05, 3.63) is 70.5 Å². The molecule has 7 N–H and O–H groups in total. The van der Waals surface area contributed by atoms with Gasteiger partial charge in [0.2, 0.25) is 5.90 Å². The smallest absolute Gasteiger partial charge is 0.220 e. The molecule has 2 aromatic carbocycles. The third-order valence-electron chi connectivity index (χ3n) is 5.93. The summed E-state index contributed by atoms with van der Waals surface area (Å²) >= 11 is 0. The van der Waals surface area contributed by atoms with Crippen molar-refractivity contribution in [1.82, 2.24) is 4.90 Å². The Morgan fingerprint density at radius 3 is 2.74 bits per heavy atom. The van der Waals surface area contributed by atoms with Crippen LogP contribution in [0, 0.1) is 28.0 Å². The standard InChI is InChI=1S/C26H32FN7O/c1-2-33-14-20(13-28)24(30)21-12-17(9-10-23(21)29)25(31)35-26(32)19-7-5-11-34(16-19)15-18-6-3-4-8-22(18)27/h3-4,6,8-10,12-14,19,28,31-32H,2,5,7,11,15-16,29-30H2,1H3. The molecular formula is C26H32FN7O. The van der Waals surface area contributed by atoms with Gasteiger partial charge in [-0.2, -0.15) is 0 Å². The number of hydrogen-bond donors (Lipinski definition) is 5. The molecule has 1 saturated heterocycles. The van der Waals surface area contributed by atoms with Crippen molar-refractivity contribution in [2.75, 3.05) is 25.4 Å². The van der Waals surface area contributed by atoms with Crippen LogP contribution in [0.3, 0.4) is 0 Å². The first-order valence-corrected chi connectivity index (χ1v) is 11.5. The summed E-state index contributed by atoms with van der Waals surface area (Å²) < 4.78 is 19.7. The van der Waals surface area contributed by atoms with E-state index in [1.807, 2.05) is 13.0 Å². The number of hydrogen-bond acceptors (Lipinski definition) is 8. The Morgan fingerprint density at radius 1 is 1.26 bits per heavy atom. The Labute approximate surface area is 205 Å². The summed E-state index contributed by atoms with van der Waals surface area (Å²) in [5.41, 5.74) is 14.9. The number of aliphatic imine (C=N–C) groups is 1. The topological polar surface area (TPSA) is 148 Å². The molecule has 35 heavy (non-hydrogen) atoms. The molecule has 9 heteroatoms. The lowest BCUT2D eigenvalue weighted by molar-refractivity contribution is 0.185. The number of ether oxygens (including phenoxy) is 1. The van der Waals surface area contributed by atoms with E-state index < -0.39 is 0 Å². The fraction of sp³-hybridized carbons (Fsp3) is 0.308. The number of rotatable bonds is 8. The van der Waals surface area contributed by atoms with Gasteiger partial charge in [-0.3, -0.25) is 20.7 Å². The second-order valence-electron chi connectivity index (χ2n) is 8.40. The molecule has 3 rings (SSSR count). The molecule has 0 radical (unpaired) electrons. The number of benzene rings is 2. The van der Waals surface area contributed by atoms with Crippen LogP contribution in [-0.2, 0) is 11.3 Å². The second-order valence-corrected chi connectivity index (χ2v) is 8.40. The third-order valence-corrected chi connectivity index (χ3v) is 5.93. The maximum atomic E-state index is 14.0. The van der Waals surface area contributed by atoms with Crippen molar-refractivity contribution < 1.29 is 9.13 Å². The van der Waals surface area contributed by atoms with Crippen molar-refractivity contribution in [3.63, 3.8) is 0 Å². The number of halogens is 1. The van der Waals surface area contributed by atoms with E-state index in [9.17, 15) is 4.39 Å². The summed E-state index contributed by atoms with van der Waals surface area (Å²) in [6.07, 6.45) is 4.25. The molecule has 0 bridgehead atoms. The molecule has 184 valence electrons. The van der Waals surface area contributed by atoms with E-state index >= 15 is 0 Å². The van der Waals surface area contributed by atoms with Crippen LogP contribution in [0.1, 0.15) is 36.5 Å². The maximum absolute atomic E-state index is 14.0. The Hall–Kier alpha value is -3.85. The minimum atomic E-state index is -0.234. The first-order chi connectivity index (χ1) is 16.8. The van der Waals surface area contributed by atoms with Crippen molar-refractivity contribution in [2.45, 2.75) is 26.3 Å². The first kappa shape index (κ1) is 25.8. The molecule has 0 amide bonds. The lowest BCUT2D eigenvalue weighted by Gasteiger charge is -2.32. The van der Waals surface area contributed by atoms with Crippen molar-refractivity contribution in [1.29, 1.82) is 16.2 Å². The van der Waals surface area contributed by atoms with Crippen molar-refractivity contribution in [3.8, 4) is 0 Å². The summed E-state index contributed by atoms with van der Waals surface area (Å²) in [7, 11) is 0. The Morgan fingerprint density at radius 2 is 2.03 bits per heavy atom. The predicted octanol–water partition coefficient (Wildman–Crippen LogP) is 4.05. The van der Waals surface area contributed by atoms with E-state index in [2.05, 4.69) is 9.89 Å². The van der Waals surface area contributed by atoms with E-state index in [-0.39, 0.29) is 29.2 Å². The Bertz CT molecular complexity index is 1160. The van der Waals surface area contributed by atoms with E-state index in [0.29, 0.717) is 47.6 Å². The molecule has 1 fully saturated rings. The summed E-state index contributed by atoms with van der Waals surface area (Å²) in [6, 6.07) is 11.6. The first-order valence-electron chi connectivity index (χ1n) is 11.5. The monoisotopic (exact) mass is 477 g/mol. The van der Waals surface area contributed by atoms with Gasteiger partial charge in [0.05, 0.1) is 5.70 Å². The van der Waals surface area contributed by atoms with Gasteiger partial charge in [0.15, 0.2) is 5.90 Å². The van der Waals surface area contributed by atoms with Crippen LogP contribution in [0.2, 0.25) is 0 Å². The summed E-state index contributed by atoms with van der Waals surface area (Å²) in [5.74, 6) is -0.606. The van der Waals surface area contributed by atoms with Crippen LogP contribution in [0.15, 0.2) is 53.0 Å². The van der Waals surface area contributed by atoms with Gasteiger partial charge in [0.1, 0.15) is 5.82 Å². The highest BCUT2D eigenvalue weighted by molar-refractivity contribution is 6.11. The largest absolute Gasteiger partial charge is 0.425 e. The molecule has 0 saturated carbocycles. The average Bonchev–Trinajstić information content (AvgIpc) is 2.86. The fourth-order valence-corrected chi connectivity index (χ4v) is 3.99. The predicted molar refractivity (Wildman–Crippen MR) is 140 cm³/mol. The number of allylic oxidation sites excluding steroid dienone is 1. The summed E-state index contributed by atoms with van der Waals surface area (Å²) in [4.78, 5) is 6.24. The molecule has 1 atom stereocenters. The number of nitrogens with zero attached hydrogens (tertiary/aromatic N) is 2. The van der Waals surface area contributed by atoms with Gasteiger partial charge in [-0.1, -0.05) is 18.2 Å². The van der Waals surface area contributed by atoms with Crippen LogP contribution in [0.4, 0.5) is 10.1 Å². The van der Waals surface area contributed by atoms with Crippen LogP contribution in [-0.4, -0.2) is 48.8 Å². The molecule has 2 aromatic rings. The van der Waals surface area contributed by atoms with Gasteiger partial charge in [-0.15, -0.1) is 0 Å². The van der Waals surface area contributed by atoms with Crippen LogP contribution in [0.5, 0.6) is 0 Å². The number of nitrogens with two attached hydrogens (primary N) is 2. The van der Waals surface area contributed by atoms with E-state index in [4.69, 9.17) is 32.4 Å². The van der Waals surface area contributed by atoms with Gasteiger partial charge in [0.25, 0.3) is 0 Å². The van der Waals surface area contributed by atoms with Crippen molar-refractivity contribution in [2.24, 2.45) is 16.6 Å². The minimum Gasteiger partial charge on any atom is -0.425 e. The van der Waals surface area contributed by atoms with Gasteiger partial charge in [-0.05, 0) is 50.6 Å². The van der Waals surface area contributed by atoms with Gasteiger partial charge < -0.3 is 21.6 Å². The highest BCUT2D eigenvalue weighted by atomic mass is 19.1. The fourth-order valence-electron chi connectivity index (χ4n) is 3.99. The van der Waals surface area contributed by atoms with Crippen molar-refractivity contribution >= 4 is 35.6 Å². The quantitative estimate of drug-likeness (QED) is 0.221. The summed E-state index contributed by atoms with van der Waals surface area (Å²) in [5, 5.41) is 24.5. The van der Waals surface area contributed by atoms with Crippen LogP contribution < -0.4 is 11.5 Å². The normalized spacial score (nSPS) is 17.1. The minimum absolute atomic E-state index is 0.00498. The Balaban J connectivity index is 1.70. The van der Waals surface area contributed by atoms with E-state index in [0.717, 1.165) is 25.6 Å². The number of likely N-dealkylation sites (tertiary alicyclic amines) is 1. The molecule has 1 aliphatic heterocycles. The van der Waals surface area contributed by atoms with Gasteiger partial charge >= 0.3 is 0 Å². The zero-order valence-electron chi connectivity index (χ0n) is 19.9. The molecule has 8 nitrogen and oxygen atoms in total. The SMILES string of the molecule is CCN=CC(C=N)=C(N)c1cc(C(=N)OC(=N)C2CCCN(Cc3ccccc3F)C2)ccc1N. The highest BCUT2D eigenvalue weighted by Gasteiger charge is 2.26. The molecular weight excluding hydrogens is 445 g/mol. The van der Waals surface area contributed by atoms with Gasteiger partial charge in [-0.25, -0.2) is 4.39 Å². The lowest BCUT2D eigenvalue weighted by Crippen LogP contribution is -2.39. The molecule has 1 unspecified atom stereocenters. The third kappa shape index (κ3) is 6.60. The average molecular weight is 478 g/mol. The van der Waals surface area contributed by atoms with Crippen LogP contribution >= 0.6 is 0 Å². The number of piperidine rings is 1. The number of nitrogens with one attached hydrogen (secondary N) is 3. The van der Waals surface area contributed by atoms with Gasteiger partial charge in [0, 0.05) is 65.9 Å². The molecule has 1 aliphatic rings. The summed E-state index contributed by atoms with van der Waals surface area (Å²) in [6.45, 7) is 4.28. The van der Waals surface area contributed by atoms with E-state index in [1.165, 1.54) is 12.3 Å². The highest BCUT2D eigenvalue weighted by Crippen LogP contribution is 2.24. The number of nitrogen functional groups attached to an aromatic ring is 1. The maximum Gasteiger partial charge on any atom is 0.220 e. The second kappa shape index (κ2) is 12.0. The lowest BCUT2D eigenvalue weighted by atomic mass is 9.97. The molecule has 0 spiro atoms. The zero-order chi connectivity index (χ0) is 25.4. The zero-order valence-corrected chi connectivity index (χ0v) is 19.9. The number of anilines is 1. The van der Waals surface area contributed by atoms with Crippen LogP contribution in [0.25, 0.3) is 5.70 Å². The molecule has 1 heterocycles. The molecule has 0 aromatic heterocycles. The molecule has 0 aliphatic carbocycles. The van der Waals surface area contributed by atoms with E-state index in [1.54, 1.807) is 30.3 Å². The Kier molecular flexibility index (Phi) is 8.86.